The van der Waals surface area contributed by atoms with Gasteiger partial charge in [0.25, 0.3) is 5.56 Å². The van der Waals surface area contributed by atoms with Crippen molar-refractivity contribution in [3.8, 4) is 0 Å². The van der Waals surface area contributed by atoms with Crippen LogP contribution in [-0.2, 0) is 25.4 Å². The predicted octanol–water partition coefficient (Wildman–Crippen LogP) is 0.344. The molecule has 1 unspecified atom stereocenters. The first kappa shape index (κ1) is 19.1. The number of likely N-dealkylation sites (tertiary alicyclic amines) is 1. The molecule has 1 saturated heterocycles. The number of hydrogen-bond donors (Lipinski definition) is 1. The van der Waals surface area contributed by atoms with Gasteiger partial charge in [0.1, 0.15) is 12.7 Å². The average molecular weight is 396 g/mol. The predicted molar refractivity (Wildman–Crippen MR) is 108 cm³/mol. The number of aryl methyl sites for hydroxylation is 1. The molecule has 1 aliphatic heterocycles. The zero-order valence-electron chi connectivity index (χ0n) is 16.5. The molecule has 0 bridgehead atoms. The van der Waals surface area contributed by atoms with E-state index >= 15 is 0 Å². The number of imidazole rings is 1. The summed E-state index contributed by atoms with van der Waals surface area (Å²) in [6.07, 6.45) is 3.43. The van der Waals surface area contributed by atoms with Crippen molar-refractivity contribution in [2.45, 2.75) is 25.6 Å². The van der Waals surface area contributed by atoms with E-state index in [9.17, 15) is 14.4 Å². The van der Waals surface area contributed by atoms with Gasteiger partial charge in [0, 0.05) is 27.2 Å². The molecule has 1 aromatic carbocycles. The van der Waals surface area contributed by atoms with Crippen LogP contribution in [0, 0.1) is 0 Å². The summed E-state index contributed by atoms with van der Waals surface area (Å²) in [5.41, 5.74) is 0.617. The molecule has 152 valence electrons. The Kier molecular flexibility index (Phi) is 5.06. The molecule has 2 aromatic heterocycles. The number of fused-ring (bicyclic) bond motifs is 1. The van der Waals surface area contributed by atoms with Gasteiger partial charge in [-0.25, -0.2) is 9.78 Å². The fourth-order valence-corrected chi connectivity index (χ4v) is 3.89. The second-order valence-electron chi connectivity index (χ2n) is 7.37. The standard InChI is InChI=1S/C20H24N6O3/c1-23-18-16(19(28)24(2)20(23)29)26(13-21-18)12-15(27)22-17(25-10-6-7-11-25)14-8-4-3-5-9-14/h3-5,8-9,13,17H,6-7,10-12H2,1-2H3,(H,22,27). The minimum atomic E-state index is -0.465. The van der Waals surface area contributed by atoms with Crippen LogP contribution in [0.5, 0.6) is 0 Å². The molecule has 4 rings (SSSR count). The van der Waals surface area contributed by atoms with Gasteiger partial charge < -0.3 is 9.88 Å². The second-order valence-corrected chi connectivity index (χ2v) is 7.37. The highest BCUT2D eigenvalue weighted by molar-refractivity contribution is 5.79. The van der Waals surface area contributed by atoms with Crippen molar-refractivity contribution in [3.05, 3.63) is 63.1 Å². The molecule has 1 atom stereocenters. The lowest BCUT2D eigenvalue weighted by Gasteiger charge is -2.28. The Bertz CT molecular complexity index is 1150. The number of carbonyl (C=O) groups is 1. The van der Waals surface area contributed by atoms with E-state index in [0.717, 1.165) is 36.1 Å². The Morgan fingerprint density at radius 3 is 2.48 bits per heavy atom. The van der Waals surface area contributed by atoms with Crippen molar-refractivity contribution < 1.29 is 4.79 Å². The molecule has 0 aliphatic carbocycles. The van der Waals surface area contributed by atoms with E-state index in [-0.39, 0.29) is 29.8 Å². The number of aromatic nitrogens is 4. The van der Waals surface area contributed by atoms with Gasteiger partial charge >= 0.3 is 5.69 Å². The van der Waals surface area contributed by atoms with Gasteiger partial charge in [0.15, 0.2) is 11.2 Å². The van der Waals surface area contributed by atoms with Gasteiger partial charge in [-0.15, -0.1) is 0 Å². The average Bonchev–Trinajstić information content (AvgIpc) is 3.40. The Labute approximate surface area is 167 Å². The zero-order chi connectivity index (χ0) is 20.5. The van der Waals surface area contributed by atoms with Crippen LogP contribution in [0.4, 0.5) is 0 Å². The van der Waals surface area contributed by atoms with Crippen LogP contribution in [0.3, 0.4) is 0 Å². The van der Waals surface area contributed by atoms with Crippen molar-refractivity contribution in [1.82, 2.24) is 28.9 Å². The van der Waals surface area contributed by atoms with E-state index in [0.29, 0.717) is 0 Å². The van der Waals surface area contributed by atoms with Crippen LogP contribution < -0.4 is 16.6 Å². The maximum atomic E-state index is 12.9. The first-order valence-corrected chi connectivity index (χ1v) is 9.66. The first-order chi connectivity index (χ1) is 14.0. The molecule has 3 heterocycles. The van der Waals surface area contributed by atoms with Crippen molar-refractivity contribution in [2.24, 2.45) is 14.1 Å². The minimum Gasteiger partial charge on any atom is -0.335 e. The number of nitrogens with one attached hydrogen (secondary N) is 1. The Morgan fingerprint density at radius 1 is 1.10 bits per heavy atom. The third-order valence-corrected chi connectivity index (χ3v) is 5.45. The molecule has 9 nitrogen and oxygen atoms in total. The van der Waals surface area contributed by atoms with Crippen molar-refractivity contribution >= 4 is 17.1 Å². The van der Waals surface area contributed by atoms with Gasteiger partial charge in [-0.3, -0.25) is 23.6 Å². The van der Waals surface area contributed by atoms with E-state index in [1.165, 1.54) is 22.5 Å². The molecule has 3 aromatic rings. The van der Waals surface area contributed by atoms with E-state index in [1.807, 2.05) is 30.3 Å². The Hall–Kier alpha value is -3.20. The largest absolute Gasteiger partial charge is 0.335 e. The summed E-state index contributed by atoms with van der Waals surface area (Å²) in [6.45, 7) is 1.80. The van der Waals surface area contributed by atoms with E-state index < -0.39 is 11.2 Å². The van der Waals surface area contributed by atoms with Crippen LogP contribution in [0.25, 0.3) is 11.2 Å². The molecule has 9 heteroatoms. The topological polar surface area (TPSA) is 94.2 Å². The molecule has 1 amide bonds. The Morgan fingerprint density at radius 2 is 1.79 bits per heavy atom. The first-order valence-electron chi connectivity index (χ1n) is 9.66. The second kappa shape index (κ2) is 7.67. The van der Waals surface area contributed by atoms with Gasteiger partial charge in [0.2, 0.25) is 5.91 Å². The minimum absolute atomic E-state index is 0.0544. The number of benzene rings is 1. The molecular weight excluding hydrogens is 372 g/mol. The molecule has 1 aliphatic rings. The fourth-order valence-electron chi connectivity index (χ4n) is 3.89. The van der Waals surface area contributed by atoms with Crippen LogP contribution in [0.15, 0.2) is 46.2 Å². The van der Waals surface area contributed by atoms with Gasteiger partial charge in [0.05, 0.1) is 6.33 Å². The Balaban J connectivity index is 1.62. The molecule has 1 fully saturated rings. The summed E-state index contributed by atoms with van der Waals surface area (Å²) in [7, 11) is 2.97. The third kappa shape index (κ3) is 3.49. The van der Waals surface area contributed by atoms with Crippen molar-refractivity contribution in [1.29, 1.82) is 0 Å². The zero-order valence-corrected chi connectivity index (χ0v) is 16.5. The van der Waals surface area contributed by atoms with Gasteiger partial charge in [-0.05, 0) is 18.4 Å². The number of amides is 1. The van der Waals surface area contributed by atoms with Crippen LogP contribution in [0.1, 0.15) is 24.6 Å². The maximum absolute atomic E-state index is 12.9. The maximum Gasteiger partial charge on any atom is 0.332 e. The van der Waals surface area contributed by atoms with Crippen LogP contribution >= 0.6 is 0 Å². The third-order valence-electron chi connectivity index (χ3n) is 5.45. The highest BCUT2D eigenvalue weighted by atomic mass is 16.2. The smallest absolute Gasteiger partial charge is 0.332 e. The summed E-state index contributed by atoms with van der Waals surface area (Å²) in [5.74, 6) is -0.221. The summed E-state index contributed by atoms with van der Waals surface area (Å²) in [4.78, 5) is 43.9. The monoisotopic (exact) mass is 396 g/mol. The number of rotatable bonds is 5. The summed E-state index contributed by atoms with van der Waals surface area (Å²) >= 11 is 0. The molecule has 0 radical (unpaired) electrons. The SMILES string of the molecule is Cn1c(=O)c2c(ncn2CC(=O)NC(c2ccccc2)N2CCCC2)n(C)c1=O. The van der Waals surface area contributed by atoms with Crippen LogP contribution in [0.2, 0.25) is 0 Å². The number of hydrogen-bond acceptors (Lipinski definition) is 5. The van der Waals surface area contributed by atoms with E-state index in [4.69, 9.17) is 0 Å². The summed E-state index contributed by atoms with van der Waals surface area (Å²) in [5, 5.41) is 3.10. The molecule has 0 saturated carbocycles. The summed E-state index contributed by atoms with van der Waals surface area (Å²) < 4.78 is 3.83. The number of nitrogens with zero attached hydrogens (tertiary/aromatic N) is 5. The highest BCUT2D eigenvalue weighted by Crippen LogP contribution is 2.22. The lowest BCUT2D eigenvalue weighted by atomic mass is 10.1. The van der Waals surface area contributed by atoms with E-state index in [2.05, 4.69) is 15.2 Å². The van der Waals surface area contributed by atoms with Crippen LogP contribution in [-0.4, -0.2) is 42.6 Å². The molecule has 0 spiro atoms. The normalized spacial score (nSPS) is 15.7. The highest BCUT2D eigenvalue weighted by Gasteiger charge is 2.25. The van der Waals surface area contributed by atoms with Crippen molar-refractivity contribution in [3.63, 3.8) is 0 Å². The number of carbonyl (C=O) groups excluding carboxylic acids is 1. The van der Waals surface area contributed by atoms with E-state index in [1.54, 1.807) is 7.05 Å². The lowest BCUT2D eigenvalue weighted by Crippen LogP contribution is -2.41. The summed E-state index contributed by atoms with van der Waals surface area (Å²) in [6, 6.07) is 9.86. The van der Waals surface area contributed by atoms with Gasteiger partial charge in [-0.2, -0.15) is 0 Å². The van der Waals surface area contributed by atoms with Crippen molar-refractivity contribution in [2.75, 3.05) is 13.1 Å². The quantitative estimate of drug-likeness (QED) is 0.671. The van der Waals surface area contributed by atoms with Gasteiger partial charge in [-0.1, -0.05) is 30.3 Å². The fraction of sp³-hybridized carbons (Fsp3) is 0.400. The molecular formula is C20H24N6O3. The molecule has 29 heavy (non-hydrogen) atoms. The molecule has 1 N–H and O–H groups in total. The lowest BCUT2D eigenvalue weighted by molar-refractivity contribution is -0.123.